The van der Waals surface area contributed by atoms with E-state index in [2.05, 4.69) is 6.92 Å². The minimum absolute atomic E-state index is 0.164. The molecule has 0 radical (unpaired) electrons. The molecule has 7 heteroatoms. The van der Waals surface area contributed by atoms with Crippen molar-refractivity contribution in [2.45, 2.75) is 38.9 Å². The van der Waals surface area contributed by atoms with E-state index in [0.29, 0.717) is 45.2 Å². The van der Waals surface area contributed by atoms with E-state index in [1.807, 2.05) is 0 Å². The van der Waals surface area contributed by atoms with E-state index in [1.54, 1.807) is 11.4 Å². The van der Waals surface area contributed by atoms with Crippen molar-refractivity contribution in [1.82, 2.24) is 4.31 Å². The van der Waals surface area contributed by atoms with Gasteiger partial charge < -0.3 is 14.2 Å². The van der Waals surface area contributed by atoms with Gasteiger partial charge in [-0.05, 0) is 31.6 Å². The van der Waals surface area contributed by atoms with Gasteiger partial charge >= 0.3 is 0 Å². The van der Waals surface area contributed by atoms with Crippen molar-refractivity contribution in [2.75, 3.05) is 45.8 Å². The Balaban J connectivity index is 1.82. The number of nitrogens with zero attached hydrogens (tertiary/aromatic N) is 1. The van der Waals surface area contributed by atoms with Crippen molar-refractivity contribution < 1.29 is 22.6 Å². The summed E-state index contributed by atoms with van der Waals surface area (Å²) in [6, 6.07) is 0. The van der Waals surface area contributed by atoms with Crippen LogP contribution in [0.5, 0.6) is 0 Å². The van der Waals surface area contributed by atoms with Gasteiger partial charge in [0.05, 0.1) is 19.0 Å². The first-order chi connectivity index (χ1) is 10.5. The average Bonchev–Trinajstić information content (AvgIpc) is 3.05. The lowest BCUT2D eigenvalue weighted by atomic mass is 9.99. The number of piperidine rings is 1. The topological polar surface area (TPSA) is 65.1 Å². The molecule has 0 aromatic rings. The van der Waals surface area contributed by atoms with Crippen LogP contribution in [0.3, 0.4) is 0 Å². The second-order valence-corrected chi connectivity index (χ2v) is 8.45. The van der Waals surface area contributed by atoms with E-state index in [1.165, 1.54) is 0 Å². The van der Waals surface area contributed by atoms with Crippen molar-refractivity contribution in [3.05, 3.63) is 0 Å². The Morgan fingerprint density at radius 2 is 2.00 bits per heavy atom. The summed E-state index contributed by atoms with van der Waals surface area (Å²) < 4.78 is 42.8. The second-order valence-electron chi connectivity index (χ2n) is 6.36. The van der Waals surface area contributed by atoms with Gasteiger partial charge in [0.2, 0.25) is 10.0 Å². The Labute approximate surface area is 134 Å². The van der Waals surface area contributed by atoms with Gasteiger partial charge in [-0.15, -0.1) is 0 Å². The van der Waals surface area contributed by atoms with Crippen LogP contribution in [0.4, 0.5) is 0 Å². The van der Waals surface area contributed by atoms with E-state index in [4.69, 9.17) is 14.2 Å². The number of ether oxygens (including phenoxy) is 3. The Morgan fingerprint density at radius 1 is 1.27 bits per heavy atom. The fraction of sp³-hybridized carbons (Fsp3) is 1.00. The monoisotopic (exact) mass is 335 g/mol. The number of sulfonamides is 1. The highest BCUT2D eigenvalue weighted by atomic mass is 32.2. The molecule has 2 heterocycles. The maximum Gasteiger partial charge on any atom is 0.214 e. The van der Waals surface area contributed by atoms with Gasteiger partial charge in [0.1, 0.15) is 0 Å². The zero-order chi connectivity index (χ0) is 16.0. The predicted octanol–water partition coefficient (Wildman–Crippen LogP) is 1.46. The molecule has 2 saturated heterocycles. The molecule has 130 valence electrons. The summed E-state index contributed by atoms with van der Waals surface area (Å²) in [7, 11) is -1.51. The lowest BCUT2D eigenvalue weighted by Gasteiger charge is -2.34. The third kappa shape index (κ3) is 5.16. The lowest BCUT2D eigenvalue weighted by Crippen LogP contribution is -2.44. The quantitative estimate of drug-likeness (QED) is 0.672. The summed E-state index contributed by atoms with van der Waals surface area (Å²) in [5, 5.41) is 0. The molecule has 0 bridgehead atoms. The largest absolute Gasteiger partial charge is 0.385 e. The van der Waals surface area contributed by atoms with Gasteiger partial charge in [0.15, 0.2) is 6.29 Å². The summed E-state index contributed by atoms with van der Waals surface area (Å²) in [5.74, 6) is 0.741. The molecule has 0 unspecified atom stereocenters. The summed E-state index contributed by atoms with van der Waals surface area (Å²) >= 11 is 0. The minimum Gasteiger partial charge on any atom is -0.385 e. The fourth-order valence-electron chi connectivity index (χ4n) is 3.04. The molecule has 2 fully saturated rings. The van der Waals surface area contributed by atoms with E-state index in [0.717, 1.165) is 19.3 Å². The van der Waals surface area contributed by atoms with Crippen molar-refractivity contribution >= 4 is 10.0 Å². The first kappa shape index (κ1) is 18.1. The Hall–Kier alpha value is -0.210. The molecule has 0 N–H and O–H groups in total. The molecule has 0 aromatic carbocycles. The van der Waals surface area contributed by atoms with Crippen LogP contribution in [0, 0.1) is 11.8 Å². The van der Waals surface area contributed by atoms with Gasteiger partial charge in [-0.3, -0.25) is 0 Å². The fourth-order valence-corrected chi connectivity index (χ4v) is 4.82. The van der Waals surface area contributed by atoms with Crippen molar-refractivity contribution in [3.8, 4) is 0 Å². The van der Waals surface area contributed by atoms with Crippen molar-refractivity contribution in [2.24, 2.45) is 11.8 Å². The molecule has 2 aliphatic heterocycles. The molecule has 2 atom stereocenters. The van der Waals surface area contributed by atoms with E-state index in [-0.39, 0.29) is 18.0 Å². The van der Waals surface area contributed by atoms with Crippen molar-refractivity contribution in [3.63, 3.8) is 0 Å². The SMILES string of the molecule is COCC[C@H](C)CCS(=O)(=O)N1CCC[C@H](C2OCCO2)C1. The molecular weight excluding hydrogens is 306 g/mol. The molecule has 22 heavy (non-hydrogen) atoms. The summed E-state index contributed by atoms with van der Waals surface area (Å²) in [6.45, 7) is 5.14. The van der Waals surface area contributed by atoms with E-state index < -0.39 is 10.0 Å². The van der Waals surface area contributed by atoms with Gasteiger partial charge in [0, 0.05) is 32.7 Å². The van der Waals surface area contributed by atoms with Crippen LogP contribution in [-0.4, -0.2) is 64.8 Å². The van der Waals surface area contributed by atoms with Gasteiger partial charge in [0.25, 0.3) is 0 Å². The van der Waals surface area contributed by atoms with Crippen LogP contribution in [0.1, 0.15) is 32.6 Å². The van der Waals surface area contributed by atoms with Crippen LogP contribution >= 0.6 is 0 Å². The van der Waals surface area contributed by atoms with Crippen LogP contribution < -0.4 is 0 Å². The normalized spacial score (nSPS) is 26.4. The van der Waals surface area contributed by atoms with Gasteiger partial charge in [-0.1, -0.05) is 6.92 Å². The zero-order valence-electron chi connectivity index (χ0n) is 13.7. The number of hydrogen-bond donors (Lipinski definition) is 0. The maximum atomic E-state index is 12.5. The van der Waals surface area contributed by atoms with Crippen LogP contribution in [0.15, 0.2) is 0 Å². The highest BCUT2D eigenvalue weighted by Gasteiger charge is 2.35. The standard InChI is InChI=1S/C15H29NO5S/c1-13(5-8-19-2)6-11-22(17,18)16-7-3-4-14(12-16)15-20-9-10-21-15/h13-15H,3-12H2,1-2H3/t13-,14-/m0/s1. The van der Waals surface area contributed by atoms with E-state index in [9.17, 15) is 8.42 Å². The number of rotatable bonds is 8. The highest BCUT2D eigenvalue weighted by Crippen LogP contribution is 2.27. The maximum absolute atomic E-state index is 12.5. The summed E-state index contributed by atoms with van der Waals surface area (Å²) in [6.07, 6.45) is 3.22. The lowest BCUT2D eigenvalue weighted by molar-refractivity contribution is -0.0940. The minimum atomic E-state index is -3.18. The molecular formula is C15H29NO5S. The zero-order valence-corrected chi connectivity index (χ0v) is 14.5. The molecule has 0 spiro atoms. The highest BCUT2D eigenvalue weighted by molar-refractivity contribution is 7.89. The van der Waals surface area contributed by atoms with Gasteiger partial charge in [-0.2, -0.15) is 0 Å². The summed E-state index contributed by atoms with van der Waals surface area (Å²) in [4.78, 5) is 0. The van der Waals surface area contributed by atoms with Crippen LogP contribution in [-0.2, 0) is 24.2 Å². The molecule has 0 aliphatic carbocycles. The smallest absolute Gasteiger partial charge is 0.214 e. The Kier molecular flexibility index (Phi) is 7.08. The number of hydrogen-bond acceptors (Lipinski definition) is 5. The first-order valence-electron chi connectivity index (χ1n) is 8.23. The second kappa shape index (κ2) is 8.59. The van der Waals surface area contributed by atoms with Crippen LogP contribution in [0.25, 0.3) is 0 Å². The molecule has 0 aromatic heterocycles. The Morgan fingerprint density at radius 3 is 2.68 bits per heavy atom. The van der Waals surface area contributed by atoms with Gasteiger partial charge in [-0.25, -0.2) is 12.7 Å². The summed E-state index contributed by atoms with van der Waals surface area (Å²) in [5.41, 5.74) is 0. The molecule has 6 nitrogen and oxygen atoms in total. The molecule has 2 aliphatic rings. The molecule has 0 amide bonds. The third-order valence-corrected chi connectivity index (χ3v) is 6.40. The number of methoxy groups -OCH3 is 1. The van der Waals surface area contributed by atoms with Crippen molar-refractivity contribution in [1.29, 1.82) is 0 Å². The predicted molar refractivity (Wildman–Crippen MR) is 84.0 cm³/mol. The third-order valence-electron chi connectivity index (χ3n) is 4.53. The molecule has 0 saturated carbocycles. The van der Waals surface area contributed by atoms with E-state index >= 15 is 0 Å². The first-order valence-corrected chi connectivity index (χ1v) is 9.84. The molecule has 2 rings (SSSR count). The van der Waals surface area contributed by atoms with Crippen LogP contribution in [0.2, 0.25) is 0 Å². The average molecular weight is 335 g/mol. The Bertz CT molecular complexity index is 422.